The van der Waals surface area contributed by atoms with Crippen LogP contribution in [0.5, 0.6) is 5.75 Å². The number of para-hydroxylation sites is 1. The zero-order valence-electron chi connectivity index (χ0n) is 17.2. The predicted octanol–water partition coefficient (Wildman–Crippen LogP) is 6.09. The minimum atomic E-state index is -0.252. The van der Waals surface area contributed by atoms with Gasteiger partial charge in [0.1, 0.15) is 23.7 Å². The fourth-order valence-corrected chi connectivity index (χ4v) is 3.55. The molecule has 4 nitrogen and oxygen atoms in total. The second-order valence-corrected chi connectivity index (χ2v) is 7.19. The lowest BCUT2D eigenvalue weighted by Gasteiger charge is -2.12. The standard InChI is InChI=1S/C26H24O4/c1-3-28-25(27)16-21-11-7-8-12-23(21)29-17-19-13-18(2)26-22(14-19)15-24(30-26)20-9-5-4-6-10-20/h4-15H,3,16-17H2,1-2H3. The van der Waals surface area contributed by atoms with E-state index in [2.05, 4.69) is 18.2 Å². The summed E-state index contributed by atoms with van der Waals surface area (Å²) in [5.74, 6) is 1.30. The molecule has 1 heterocycles. The van der Waals surface area contributed by atoms with Crippen molar-refractivity contribution < 1.29 is 18.7 Å². The van der Waals surface area contributed by atoms with Gasteiger partial charge in [-0.1, -0.05) is 48.5 Å². The monoisotopic (exact) mass is 400 g/mol. The van der Waals surface area contributed by atoms with Crippen LogP contribution in [0.1, 0.15) is 23.6 Å². The molecule has 152 valence electrons. The summed E-state index contributed by atoms with van der Waals surface area (Å²) in [6.45, 7) is 4.62. The third-order valence-electron chi connectivity index (χ3n) is 4.93. The Bertz CT molecular complexity index is 1160. The Kier molecular flexibility index (Phi) is 5.84. The van der Waals surface area contributed by atoms with Gasteiger partial charge in [0.15, 0.2) is 0 Å². The molecule has 0 unspecified atom stereocenters. The first kappa shape index (κ1) is 19.8. The van der Waals surface area contributed by atoms with Crippen molar-refractivity contribution in [3.63, 3.8) is 0 Å². The van der Waals surface area contributed by atoms with E-state index in [0.29, 0.717) is 19.0 Å². The largest absolute Gasteiger partial charge is 0.489 e. The molecule has 0 N–H and O–H groups in total. The molecule has 0 amide bonds. The zero-order chi connectivity index (χ0) is 20.9. The summed E-state index contributed by atoms with van der Waals surface area (Å²) in [5.41, 5.74) is 4.88. The summed E-state index contributed by atoms with van der Waals surface area (Å²) in [5, 5.41) is 1.05. The van der Waals surface area contributed by atoms with Crippen LogP contribution in [0.3, 0.4) is 0 Å². The van der Waals surface area contributed by atoms with Gasteiger partial charge in [0.25, 0.3) is 0 Å². The van der Waals surface area contributed by atoms with Gasteiger partial charge in [0.2, 0.25) is 0 Å². The number of rotatable bonds is 7. The van der Waals surface area contributed by atoms with E-state index in [1.54, 1.807) is 6.92 Å². The lowest BCUT2D eigenvalue weighted by Crippen LogP contribution is -2.09. The van der Waals surface area contributed by atoms with E-state index in [9.17, 15) is 4.79 Å². The Balaban J connectivity index is 1.55. The summed E-state index contributed by atoms with van der Waals surface area (Å²) >= 11 is 0. The van der Waals surface area contributed by atoms with Crippen molar-refractivity contribution in [1.82, 2.24) is 0 Å². The van der Waals surface area contributed by atoms with Crippen LogP contribution in [-0.4, -0.2) is 12.6 Å². The van der Waals surface area contributed by atoms with Gasteiger partial charge in [-0.05, 0) is 49.2 Å². The van der Waals surface area contributed by atoms with Crippen molar-refractivity contribution in [3.05, 3.63) is 89.5 Å². The van der Waals surface area contributed by atoms with Crippen LogP contribution in [0.4, 0.5) is 0 Å². The average molecular weight is 400 g/mol. The van der Waals surface area contributed by atoms with E-state index in [4.69, 9.17) is 13.9 Å². The summed E-state index contributed by atoms with van der Waals surface area (Å²) in [4.78, 5) is 11.9. The van der Waals surface area contributed by atoms with Gasteiger partial charge in [0.05, 0.1) is 13.0 Å². The van der Waals surface area contributed by atoms with Crippen LogP contribution < -0.4 is 4.74 Å². The number of esters is 1. The molecule has 0 aliphatic rings. The number of aryl methyl sites for hydroxylation is 1. The molecule has 4 aromatic rings. The first-order valence-corrected chi connectivity index (χ1v) is 10.1. The molecular formula is C26H24O4. The molecule has 0 fully saturated rings. The lowest BCUT2D eigenvalue weighted by molar-refractivity contribution is -0.142. The number of hydrogen-bond acceptors (Lipinski definition) is 4. The van der Waals surface area contributed by atoms with Crippen LogP contribution in [0.2, 0.25) is 0 Å². The first-order chi connectivity index (χ1) is 14.6. The Morgan fingerprint density at radius 3 is 2.53 bits per heavy atom. The van der Waals surface area contributed by atoms with Gasteiger partial charge < -0.3 is 13.9 Å². The van der Waals surface area contributed by atoms with Gasteiger partial charge in [-0.3, -0.25) is 4.79 Å². The SMILES string of the molecule is CCOC(=O)Cc1ccccc1OCc1cc(C)c2oc(-c3ccccc3)cc2c1. The third-order valence-corrected chi connectivity index (χ3v) is 4.93. The van der Waals surface area contributed by atoms with Crippen molar-refractivity contribution in [2.24, 2.45) is 0 Å². The number of carbonyl (C=O) groups is 1. The minimum absolute atomic E-state index is 0.199. The van der Waals surface area contributed by atoms with E-state index < -0.39 is 0 Å². The summed E-state index contributed by atoms with van der Waals surface area (Å²) in [6.07, 6.45) is 0.199. The van der Waals surface area contributed by atoms with Gasteiger partial charge in [0, 0.05) is 16.5 Å². The molecule has 4 rings (SSSR count). The summed E-state index contributed by atoms with van der Waals surface area (Å²) in [6, 6.07) is 23.9. The second kappa shape index (κ2) is 8.87. The quantitative estimate of drug-likeness (QED) is 0.352. The molecule has 0 radical (unpaired) electrons. The minimum Gasteiger partial charge on any atom is -0.489 e. The Labute approximate surface area is 176 Å². The van der Waals surface area contributed by atoms with Crippen LogP contribution in [0, 0.1) is 6.92 Å². The number of hydrogen-bond donors (Lipinski definition) is 0. The first-order valence-electron chi connectivity index (χ1n) is 10.1. The molecule has 0 spiro atoms. The molecule has 0 aliphatic heterocycles. The normalized spacial score (nSPS) is 10.9. The molecule has 0 bridgehead atoms. The highest BCUT2D eigenvalue weighted by molar-refractivity contribution is 5.86. The van der Waals surface area contributed by atoms with Gasteiger partial charge in [-0.2, -0.15) is 0 Å². The predicted molar refractivity (Wildman–Crippen MR) is 117 cm³/mol. The average Bonchev–Trinajstić information content (AvgIpc) is 3.19. The highest BCUT2D eigenvalue weighted by Crippen LogP contribution is 2.31. The smallest absolute Gasteiger partial charge is 0.310 e. The highest BCUT2D eigenvalue weighted by atomic mass is 16.5. The molecule has 0 atom stereocenters. The number of ether oxygens (including phenoxy) is 2. The van der Waals surface area contributed by atoms with E-state index in [1.165, 1.54) is 0 Å². The number of furan rings is 1. The summed E-state index contributed by atoms with van der Waals surface area (Å²) < 4.78 is 17.2. The maximum atomic E-state index is 11.9. The topological polar surface area (TPSA) is 48.7 Å². The second-order valence-electron chi connectivity index (χ2n) is 7.19. The van der Waals surface area contributed by atoms with E-state index in [0.717, 1.165) is 39.0 Å². The van der Waals surface area contributed by atoms with Gasteiger partial charge in [-0.15, -0.1) is 0 Å². The highest BCUT2D eigenvalue weighted by Gasteiger charge is 2.12. The Morgan fingerprint density at radius 1 is 0.967 bits per heavy atom. The molecule has 4 heteroatoms. The Morgan fingerprint density at radius 2 is 1.73 bits per heavy atom. The molecule has 1 aromatic heterocycles. The lowest BCUT2D eigenvalue weighted by atomic mass is 10.1. The molecule has 3 aromatic carbocycles. The molecule has 0 saturated heterocycles. The summed E-state index contributed by atoms with van der Waals surface area (Å²) in [7, 11) is 0. The van der Waals surface area contributed by atoms with Crippen molar-refractivity contribution >= 4 is 16.9 Å². The molecule has 30 heavy (non-hydrogen) atoms. The fourth-order valence-electron chi connectivity index (χ4n) is 3.55. The van der Waals surface area contributed by atoms with Crippen molar-refractivity contribution in [2.45, 2.75) is 26.9 Å². The van der Waals surface area contributed by atoms with Crippen LogP contribution in [0.25, 0.3) is 22.3 Å². The zero-order valence-corrected chi connectivity index (χ0v) is 17.2. The number of benzene rings is 3. The maximum Gasteiger partial charge on any atom is 0.310 e. The van der Waals surface area contributed by atoms with Crippen LogP contribution in [-0.2, 0) is 22.6 Å². The van der Waals surface area contributed by atoms with Crippen molar-refractivity contribution in [2.75, 3.05) is 6.61 Å². The van der Waals surface area contributed by atoms with E-state index >= 15 is 0 Å². The van der Waals surface area contributed by atoms with Crippen LogP contribution in [0.15, 0.2) is 77.2 Å². The molecule has 0 aliphatic carbocycles. The third kappa shape index (κ3) is 4.38. The maximum absolute atomic E-state index is 11.9. The van der Waals surface area contributed by atoms with Crippen molar-refractivity contribution in [3.8, 4) is 17.1 Å². The number of carbonyl (C=O) groups excluding carboxylic acids is 1. The Hall–Kier alpha value is -3.53. The fraction of sp³-hybridized carbons (Fsp3) is 0.192. The van der Waals surface area contributed by atoms with Gasteiger partial charge in [-0.25, -0.2) is 0 Å². The van der Waals surface area contributed by atoms with Gasteiger partial charge >= 0.3 is 5.97 Å². The molecule has 0 saturated carbocycles. The number of fused-ring (bicyclic) bond motifs is 1. The van der Waals surface area contributed by atoms with E-state index in [-0.39, 0.29) is 12.4 Å². The van der Waals surface area contributed by atoms with Crippen molar-refractivity contribution in [1.29, 1.82) is 0 Å². The van der Waals surface area contributed by atoms with Crippen LogP contribution >= 0.6 is 0 Å². The van der Waals surface area contributed by atoms with E-state index in [1.807, 2.05) is 61.5 Å². The molecular weight excluding hydrogens is 376 g/mol.